The highest BCUT2D eigenvalue weighted by atomic mass is 19.4. The summed E-state index contributed by atoms with van der Waals surface area (Å²) in [5.41, 5.74) is -0.0929. The molecule has 0 unspecified atom stereocenters. The van der Waals surface area contributed by atoms with E-state index in [4.69, 9.17) is 0 Å². The first kappa shape index (κ1) is 13.6. The van der Waals surface area contributed by atoms with Crippen LogP contribution in [0.4, 0.5) is 17.6 Å². The van der Waals surface area contributed by atoms with Crippen LogP contribution in [0, 0.1) is 5.82 Å². The lowest BCUT2D eigenvalue weighted by molar-refractivity contribution is -0.137. The van der Waals surface area contributed by atoms with Gasteiger partial charge >= 0.3 is 6.18 Å². The summed E-state index contributed by atoms with van der Waals surface area (Å²) in [5, 5.41) is 1.36. The van der Waals surface area contributed by atoms with Crippen molar-refractivity contribution >= 4 is 10.8 Å². The van der Waals surface area contributed by atoms with Crippen LogP contribution in [0.2, 0.25) is 0 Å². The third-order valence-corrected chi connectivity index (χ3v) is 3.35. The number of hydrogen-bond donors (Lipinski definition) is 0. The van der Waals surface area contributed by atoms with Gasteiger partial charge in [-0.2, -0.15) is 13.2 Å². The molecule has 0 N–H and O–H groups in total. The van der Waals surface area contributed by atoms with Crippen molar-refractivity contribution in [2.24, 2.45) is 0 Å². The maximum Gasteiger partial charge on any atom is 0.417 e. The molecule has 0 radical (unpaired) electrons. The summed E-state index contributed by atoms with van der Waals surface area (Å²) in [6.07, 6.45) is -4.41. The van der Waals surface area contributed by atoms with Crippen molar-refractivity contribution < 1.29 is 17.6 Å². The molecule has 3 aromatic rings. The standard InChI is InChI=1S/C17H10F4/c18-14-8-7-11-9-13(6-5-12(11)10-14)15-3-1-2-4-16(15)17(19,20)21/h1-10H. The van der Waals surface area contributed by atoms with Crippen LogP contribution < -0.4 is 0 Å². The van der Waals surface area contributed by atoms with Gasteiger partial charge in [0.2, 0.25) is 0 Å². The largest absolute Gasteiger partial charge is 0.417 e. The SMILES string of the molecule is Fc1ccc2cc(-c3ccccc3C(F)(F)F)ccc2c1. The van der Waals surface area contributed by atoms with E-state index in [0.29, 0.717) is 16.3 Å². The molecule has 0 aromatic heterocycles. The maximum atomic E-state index is 13.1. The van der Waals surface area contributed by atoms with Crippen LogP contribution in [-0.2, 0) is 6.18 Å². The summed E-state index contributed by atoms with van der Waals surface area (Å²) in [7, 11) is 0. The average Bonchev–Trinajstić information content (AvgIpc) is 2.46. The molecule has 0 nitrogen and oxygen atoms in total. The lowest BCUT2D eigenvalue weighted by Crippen LogP contribution is -2.06. The van der Waals surface area contributed by atoms with E-state index >= 15 is 0 Å². The molecule has 3 rings (SSSR count). The fraction of sp³-hybridized carbons (Fsp3) is 0.0588. The summed E-state index contributed by atoms with van der Waals surface area (Å²) in [5.74, 6) is -0.369. The third-order valence-electron chi connectivity index (χ3n) is 3.35. The molecule has 4 heteroatoms. The van der Waals surface area contributed by atoms with Crippen LogP contribution in [0.5, 0.6) is 0 Å². The Morgan fingerprint density at radius 1 is 0.714 bits per heavy atom. The molecule has 0 bridgehead atoms. The molecule has 0 saturated carbocycles. The normalized spacial score (nSPS) is 11.8. The number of hydrogen-bond acceptors (Lipinski definition) is 0. The van der Waals surface area contributed by atoms with Crippen LogP contribution in [0.3, 0.4) is 0 Å². The van der Waals surface area contributed by atoms with Gasteiger partial charge in [-0.25, -0.2) is 4.39 Å². The quantitative estimate of drug-likeness (QED) is 0.507. The topological polar surface area (TPSA) is 0 Å². The minimum absolute atomic E-state index is 0.122. The Hall–Kier alpha value is -2.36. The van der Waals surface area contributed by atoms with Gasteiger partial charge in [-0.3, -0.25) is 0 Å². The Kier molecular flexibility index (Phi) is 3.16. The summed E-state index contributed by atoms with van der Waals surface area (Å²) in [4.78, 5) is 0. The van der Waals surface area contributed by atoms with Gasteiger partial charge in [-0.1, -0.05) is 36.4 Å². The second-order valence-electron chi connectivity index (χ2n) is 4.75. The van der Waals surface area contributed by atoms with Crippen molar-refractivity contribution in [2.75, 3.05) is 0 Å². The van der Waals surface area contributed by atoms with Crippen LogP contribution >= 0.6 is 0 Å². The number of halogens is 4. The number of rotatable bonds is 1. The molecule has 0 aliphatic carbocycles. The fourth-order valence-corrected chi connectivity index (χ4v) is 2.37. The lowest BCUT2D eigenvalue weighted by Gasteiger charge is -2.13. The Morgan fingerprint density at radius 2 is 1.38 bits per heavy atom. The Morgan fingerprint density at radius 3 is 2.14 bits per heavy atom. The molecule has 0 spiro atoms. The van der Waals surface area contributed by atoms with Gasteiger partial charge in [0, 0.05) is 0 Å². The minimum Gasteiger partial charge on any atom is -0.207 e. The van der Waals surface area contributed by atoms with Gasteiger partial charge in [0.05, 0.1) is 5.56 Å². The Balaban J connectivity index is 2.19. The molecule has 3 aromatic carbocycles. The van der Waals surface area contributed by atoms with E-state index in [2.05, 4.69) is 0 Å². The van der Waals surface area contributed by atoms with Crippen molar-refractivity contribution in [2.45, 2.75) is 6.18 Å². The van der Waals surface area contributed by atoms with E-state index in [9.17, 15) is 17.6 Å². The van der Waals surface area contributed by atoms with Crippen LogP contribution in [0.25, 0.3) is 21.9 Å². The van der Waals surface area contributed by atoms with E-state index < -0.39 is 11.7 Å². The second kappa shape index (κ2) is 4.88. The van der Waals surface area contributed by atoms with E-state index in [1.54, 1.807) is 30.3 Å². The highest BCUT2D eigenvalue weighted by molar-refractivity contribution is 5.88. The first-order chi connectivity index (χ1) is 9.95. The number of alkyl halides is 3. The Bertz CT molecular complexity index is 803. The predicted octanol–water partition coefficient (Wildman–Crippen LogP) is 5.66. The van der Waals surface area contributed by atoms with Crippen LogP contribution in [0.1, 0.15) is 5.56 Å². The molecule has 0 aliphatic rings. The van der Waals surface area contributed by atoms with Crippen molar-refractivity contribution in [3.05, 3.63) is 72.0 Å². The summed E-state index contributed by atoms with van der Waals surface area (Å²) in [6, 6.07) is 14.5. The molecule has 0 saturated heterocycles. The van der Waals surface area contributed by atoms with Crippen LogP contribution in [-0.4, -0.2) is 0 Å². The summed E-state index contributed by atoms with van der Waals surface area (Å²) in [6.45, 7) is 0. The smallest absolute Gasteiger partial charge is 0.207 e. The molecule has 0 heterocycles. The van der Waals surface area contributed by atoms with Crippen LogP contribution in [0.15, 0.2) is 60.7 Å². The molecular formula is C17H10F4. The van der Waals surface area contributed by atoms with Gasteiger partial charge in [0.25, 0.3) is 0 Å². The molecule has 21 heavy (non-hydrogen) atoms. The molecule has 0 aliphatic heterocycles. The molecule has 106 valence electrons. The van der Waals surface area contributed by atoms with Gasteiger partial charge in [0.15, 0.2) is 0 Å². The van der Waals surface area contributed by atoms with Crippen molar-refractivity contribution in [1.82, 2.24) is 0 Å². The van der Waals surface area contributed by atoms with Crippen molar-refractivity contribution in [3.63, 3.8) is 0 Å². The highest BCUT2D eigenvalue weighted by Crippen LogP contribution is 2.37. The molecule has 0 fully saturated rings. The van der Waals surface area contributed by atoms with Gasteiger partial charge < -0.3 is 0 Å². The first-order valence-corrected chi connectivity index (χ1v) is 6.31. The summed E-state index contributed by atoms with van der Waals surface area (Å²) >= 11 is 0. The predicted molar refractivity (Wildman–Crippen MR) is 74.3 cm³/mol. The summed E-state index contributed by atoms with van der Waals surface area (Å²) < 4.78 is 52.3. The monoisotopic (exact) mass is 290 g/mol. The minimum atomic E-state index is -4.41. The molecule has 0 amide bonds. The number of benzene rings is 3. The molecule has 0 atom stereocenters. The van der Waals surface area contributed by atoms with E-state index in [1.807, 2.05) is 0 Å². The lowest BCUT2D eigenvalue weighted by atomic mass is 9.97. The Labute approximate surface area is 118 Å². The fourth-order valence-electron chi connectivity index (χ4n) is 2.37. The maximum absolute atomic E-state index is 13.1. The van der Waals surface area contributed by atoms with Gasteiger partial charge in [0.1, 0.15) is 5.82 Å². The van der Waals surface area contributed by atoms with Gasteiger partial charge in [-0.15, -0.1) is 0 Å². The van der Waals surface area contributed by atoms with E-state index in [-0.39, 0.29) is 11.4 Å². The number of fused-ring (bicyclic) bond motifs is 1. The average molecular weight is 290 g/mol. The zero-order valence-corrected chi connectivity index (χ0v) is 10.8. The zero-order valence-electron chi connectivity index (χ0n) is 10.8. The van der Waals surface area contributed by atoms with E-state index in [0.717, 1.165) is 6.07 Å². The second-order valence-corrected chi connectivity index (χ2v) is 4.75. The third kappa shape index (κ3) is 2.61. The van der Waals surface area contributed by atoms with Crippen molar-refractivity contribution in [1.29, 1.82) is 0 Å². The highest BCUT2D eigenvalue weighted by Gasteiger charge is 2.33. The van der Waals surface area contributed by atoms with E-state index in [1.165, 1.54) is 24.3 Å². The molecular weight excluding hydrogens is 280 g/mol. The van der Waals surface area contributed by atoms with Crippen molar-refractivity contribution in [3.8, 4) is 11.1 Å². The zero-order chi connectivity index (χ0) is 15.0. The van der Waals surface area contributed by atoms with Gasteiger partial charge in [-0.05, 0) is 46.2 Å². The first-order valence-electron chi connectivity index (χ1n) is 6.31.